The van der Waals surface area contributed by atoms with Crippen molar-refractivity contribution in [1.29, 1.82) is 0 Å². The minimum absolute atomic E-state index is 0.0284. The molecule has 0 unspecified atom stereocenters. The summed E-state index contributed by atoms with van der Waals surface area (Å²) in [6, 6.07) is 0.0284. The maximum absolute atomic E-state index is 12.4. The van der Waals surface area contributed by atoms with Crippen LogP contribution in [0.15, 0.2) is 4.99 Å². The Bertz CT molecular complexity index is 394. The summed E-state index contributed by atoms with van der Waals surface area (Å²) >= 11 is 0. The van der Waals surface area contributed by atoms with Gasteiger partial charge in [0.1, 0.15) is 0 Å². The van der Waals surface area contributed by atoms with Gasteiger partial charge in [0.25, 0.3) is 0 Å². The molecule has 0 aromatic carbocycles. The van der Waals surface area contributed by atoms with Gasteiger partial charge in [0, 0.05) is 32.7 Å². The molecule has 24 heavy (non-hydrogen) atoms. The first-order chi connectivity index (χ1) is 11.5. The number of alkyl halides is 3. The molecule has 5 nitrogen and oxygen atoms in total. The Morgan fingerprint density at radius 3 is 2.54 bits per heavy atom. The van der Waals surface area contributed by atoms with Crippen molar-refractivity contribution in [3.63, 3.8) is 0 Å². The molecular weight excluding hydrogens is 319 g/mol. The molecule has 2 fully saturated rings. The lowest BCUT2D eigenvalue weighted by atomic mass is 10.1. The number of hydrogen-bond acceptors (Lipinski definition) is 3. The van der Waals surface area contributed by atoms with E-state index >= 15 is 0 Å². The quantitative estimate of drug-likeness (QED) is 0.435. The van der Waals surface area contributed by atoms with Crippen LogP contribution in [0.5, 0.6) is 0 Å². The molecular formula is C16H30F3N5. The second-order valence-corrected chi connectivity index (χ2v) is 6.74. The third-order valence-corrected chi connectivity index (χ3v) is 4.63. The number of nitrogens with one attached hydrogen (secondary N) is 2. The molecule has 0 radical (unpaired) electrons. The Kier molecular flexibility index (Phi) is 7.61. The van der Waals surface area contributed by atoms with Gasteiger partial charge in [0.05, 0.1) is 6.54 Å². The van der Waals surface area contributed by atoms with Gasteiger partial charge in [-0.2, -0.15) is 13.2 Å². The normalized spacial score (nSPS) is 24.3. The van der Waals surface area contributed by atoms with Crippen LogP contribution in [0.25, 0.3) is 0 Å². The third kappa shape index (κ3) is 7.25. The minimum Gasteiger partial charge on any atom is -0.356 e. The van der Waals surface area contributed by atoms with Gasteiger partial charge in [-0.3, -0.25) is 9.89 Å². The van der Waals surface area contributed by atoms with Gasteiger partial charge in [0.15, 0.2) is 5.96 Å². The largest absolute Gasteiger partial charge is 0.401 e. The molecule has 8 heteroatoms. The zero-order chi connectivity index (χ0) is 17.4. The van der Waals surface area contributed by atoms with Crippen molar-refractivity contribution in [3.05, 3.63) is 0 Å². The molecule has 2 rings (SSSR count). The first-order valence-electron chi connectivity index (χ1n) is 8.95. The molecule has 2 saturated heterocycles. The molecule has 2 aliphatic heterocycles. The number of nitrogens with zero attached hydrogens (tertiary/aromatic N) is 3. The van der Waals surface area contributed by atoms with E-state index in [1.807, 2.05) is 0 Å². The van der Waals surface area contributed by atoms with E-state index < -0.39 is 12.7 Å². The van der Waals surface area contributed by atoms with Crippen LogP contribution in [-0.4, -0.2) is 80.8 Å². The van der Waals surface area contributed by atoms with Crippen LogP contribution in [0.4, 0.5) is 13.2 Å². The van der Waals surface area contributed by atoms with Gasteiger partial charge in [-0.15, -0.1) is 0 Å². The first-order valence-corrected chi connectivity index (χ1v) is 8.95. The third-order valence-electron chi connectivity index (χ3n) is 4.63. The van der Waals surface area contributed by atoms with Crippen LogP contribution in [0.1, 0.15) is 32.1 Å². The molecule has 0 bridgehead atoms. The van der Waals surface area contributed by atoms with Crippen molar-refractivity contribution >= 4 is 5.96 Å². The molecule has 140 valence electrons. The molecule has 0 spiro atoms. The summed E-state index contributed by atoms with van der Waals surface area (Å²) in [4.78, 5) is 8.11. The van der Waals surface area contributed by atoms with Crippen LogP contribution in [0.2, 0.25) is 0 Å². The molecule has 2 heterocycles. The van der Waals surface area contributed by atoms with E-state index in [4.69, 9.17) is 0 Å². The fraction of sp³-hybridized carbons (Fsp3) is 0.938. The minimum atomic E-state index is -4.12. The standard InChI is InChI=1S/C16H30F3N5/c1-20-15(21-7-5-10-23-8-3-2-4-9-23)22-14-6-11-24(12-14)13-16(17,18)19/h14H,2-13H2,1H3,(H2,20,21,22)/t14-/m0/s1. The number of likely N-dealkylation sites (tertiary alicyclic amines) is 2. The van der Waals surface area contributed by atoms with E-state index in [9.17, 15) is 13.2 Å². The molecule has 0 aromatic rings. The van der Waals surface area contributed by atoms with Gasteiger partial charge in [-0.25, -0.2) is 0 Å². The summed E-state index contributed by atoms with van der Waals surface area (Å²) in [5.41, 5.74) is 0. The van der Waals surface area contributed by atoms with Crippen molar-refractivity contribution in [3.8, 4) is 0 Å². The fourth-order valence-corrected chi connectivity index (χ4v) is 3.43. The van der Waals surface area contributed by atoms with E-state index in [0.29, 0.717) is 25.5 Å². The maximum atomic E-state index is 12.4. The van der Waals surface area contributed by atoms with Crippen LogP contribution < -0.4 is 10.6 Å². The maximum Gasteiger partial charge on any atom is 0.401 e. The second-order valence-electron chi connectivity index (χ2n) is 6.74. The van der Waals surface area contributed by atoms with Crippen molar-refractivity contribution in [2.75, 3.05) is 52.9 Å². The number of halogens is 3. The molecule has 0 aliphatic carbocycles. The first kappa shape index (κ1) is 19.3. The lowest BCUT2D eigenvalue weighted by Crippen LogP contribution is -2.45. The Morgan fingerprint density at radius 2 is 1.88 bits per heavy atom. The summed E-state index contributed by atoms with van der Waals surface area (Å²) < 4.78 is 37.3. The Hall–Kier alpha value is -1.02. The Labute approximate surface area is 142 Å². The average Bonchev–Trinajstić information content (AvgIpc) is 2.96. The van der Waals surface area contributed by atoms with E-state index in [1.54, 1.807) is 7.05 Å². The molecule has 2 N–H and O–H groups in total. The summed E-state index contributed by atoms with van der Waals surface area (Å²) in [5, 5.41) is 6.51. The van der Waals surface area contributed by atoms with E-state index in [0.717, 1.165) is 19.5 Å². The lowest BCUT2D eigenvalue weighted by molar-refractivity contribution is -0.143. The highest BCUT2D eigenvalue weighted by Gasteiger charge is 2.34. The van der Waals surface area contributed by atoms with Crippen molar-refractivity contribution in [1.82, 2.24) is 20.4 Å². The predicted octanol–water partition coefficient (Wildman–Crippen LogP) is 1.66. The van der Waals surface area contributed by atoms with Crippen LogP contribution in [0, 0.1) is 0 Å². The molecule has 0 aromatic heterocycles. The smallest absolute Gasteiger partial charge is 0.356 e. The number of aliphatic imine (C=N–C) groups is 1. The number of hydrogen-bond donors (Lipinski definition) is 2. The topological polar surface area (TPSA) is 42.9 Å². The van der Waals surface area contributed by atoms with Crippen molar-refractivity contribution in [2.45, 2.75) is 44.3 Å². The van der Waals surface area contributed by atoms with E-state index in [2.05, 4.69) is 20.5 Å². The zero-order valence-corrected chi connectivity index (χ0v) is 14.5. The van der Waals surface area contributed by atoms with E-state index in [1.165, 1.54) is 37.3 Å². The van der Waals surface area contributed by atoms with Gasteiger partial charge < -0.3 is 15.5 Å². The highest BCUT2D eigenvalue weighted by molar-refractivity contribution is 5.79. The van der Waals surface area contributed by atoms with E-state index in [-0.39, 0.29) is 6.04 Å². The SMILES string of the molecule is CN=C(NCCCN1CCCCC1)N[C@H]1CCN(CC(F)(F)F)C1. The van der Waals surface area contributed by atoms with Gasteiger partial charge in [-0.05, 0) is 45.3 Å². The summed E-state index contributed by atoms with van der Waals surface area (Å²) in [6.45, 7) is 4.38. The second kappa shape index (κ2) is 9.46. The van der Waals surface area contributed by atoms with Gasteiger partial charge >= 0.3 is 6.18 Å². The molecule has 1 atom stereocenters. The molecule has 2 aliphatic rings. The average molecular weight is 349 g/mol. The van der Waals surface area contributed by atoms with Crippen LogP contribution in [0.3, 0.4) is 0 Å². The number of piperidine rings is 1. The molecule has 0 saturated carbocycles. The highest BCUT2D eigenvalue weighted by Crippen LogP contribution is 2.19. The molecule has 0 amide bonds. The highest BCUT2D eigenvalue weighted by atomic mass is 19.4. The Morgan fingerprint density at radius 1 is 1.12 bits per heavy atom. The van der Waals surface area contributed by atoms with Crippen LogP contribution in [-0.2, 0) is 0 Å². The fourth-order valence-electron chi connectivity index (χ4n) is 3.43. The van der Waals surface area contributed by atoms with Crippen molar-refractivity contribution in [2.24, 2.45) is 4.99 Å². The van der Waals surface area contributed by atoms with Crippen molar-refractivity contribution < 1.29 is 13.2 Å². The lowest BCUT2D eigenvalue weighted by Gasteiger charge is -2.26. The van der Waals surface area contributed by atoms with Crippen LogP contribution >= 0.6 is 0 Å². The monoisotopic (exact) mass is 349 g/mol. The van der Waals surface area contributed by atoms with Gasteiger partial charge in [0.2, 0.25) is 0 Å². The number of guanidine groups is 1. The summed E-state index contributed by atoms with van der Waals surface area (Å²) in [5.74, 6) is 0.688. The zero-order valence-electron chi connectivity index (χ0n) is 14.5. The summed E-state index contributed by atoms with van der Waals surface area (Å²) in [7, 11) is 1.70. The predicted molar refractivity (Wildman–Crippen MR) is 90.3 cm³/mol. The summed E-state index contributed by atoms with van der Waals surface area (Å²) in [6.07, 6.45) is 1.58. The number of rotatable bonds is 6. The van der Waals surface area contributed by atoms with Gasteiger partial charge in [-0.1, -0.05) is 6.42 Å². The Balaban J connectivity index is 1.60.